The van der Waals surface area contributed by atoms with Gasteiger partial charge in [0.25, 0.3) is 0 Å². The molecule has 1 aromatic heterocycles. The minimum atomic E-state index is -0.616. The number of hydrogen-bond acceptors (Lipinski definition) is 4. The van der Waals surface area contributed by atoms with Gasteiger partial charge in [-0.3, -0.25) is 0 Å². The molecule has 2 aromatic carbocycles. The minimum Gasteiger partial charge on any atom is -0.453 e. The summed E-state index contributed by atoms with van der Waals surface area (Å²) < 4.78 is 20.9. The largest absolute Gasteiger partial charge is 0.453 e. The molecule has 0 aliphatic carbocycles. The molecular formula is C13H10ClFN4O. The molecule has 7 heteroatoms. The maximum atomic E-state index is 13.8. The molecular weight excluding hydrogens is 283 g/mol. The van der Waals surface area contributed by atoms with Gasteiger partial charge < -0.3 is 10.5 Å². The Labute approximate surface area is 118 Å². The average Bonchev–Trinajstić information content (AvgIpc) is 2.75. The monoisotopic (exact) mass is 292 g/mol. The summed E-state index contributed by atoms with van der Waals surface area (Å²) in [6.45, 7) is 0. The van der Waals surface area contributed by atoms with Crippen LogP contribution in [0.5, 0.6) is 11.5 Å². The normalized spacial score (nSPS) is 10.9. The van der Waals surface area contributed by atoms with Gasteiger partial charge in [0.05, 0.1) is 10.5 Å². The first-order valence-corrected chi connectivity index (χ1v) is 6.14. The van der Waals surface area contributed by atoms with Crippen molar-refractivity contribution in [3.05, 3.63) is 41.2 Å². The van der Waals surface area contributed by atoms with Crippen LogP contribution < -0.4 is 10.5 Å². The van der Waals surface area contributed by atoms with Gasteiger partial charge in [-0.1, -0.05) is 16.8 Å². The highest BCUT2D eigenvalue weighted by molar-refractivity contribution is 6.32. The predicted molar refractivity (Wildman–Crippen MR) is 74.4 cm³/mol. The predicted octanol–water partition coefficient (Wildman–Crippen LogP) is 3.14. The molecule has 0 amide bonds. The Hall–Kier alpha value is -2.34. The lowest BCUT2D eigenvalue weighted by molar-refractivity contribution is 0.443. The molecule has 0 aliphatic heterocycles. The van der Waals surface area contributed by atoms with Crippen LogP contribution in [0.4, 0.5) is 10.1 Å². The van der Waals surface area contributed by atoms with E-state index in [0.717, 1.165) is 11.6 Å². The smallest absolute Gasteiger partial charge is 0.181 e. The van der Waals surface area contributed by atoms with Crippen LogP contribution in [0.1, 0.15) is 0 Å². The number of fused-ring (bicyclic) bond motifs is 1. The summed E-state index contributed by atoms with van der Waals surface area (Å²) in [7, 11) is 1.78. The van der Waals surface area contributed by atoms with Crippen molar-refractivity contribution in [1.82, 2.24) is 15.0 Å². The van der Waals surface area contributed by atoms with Crippen molar-refractivity contribution >= 4 is 28.3 Å². The molecule has 0 atom stereocenters. The van der Waals surface area contributed by atoms with E-state index in [9.17, 15) is 4.39 Å². The van der Waals surface area contributed by atoms with Gasteiger partial charge >= 0.3 is 0 Å². The highest BCUT2D eigenvalue weighted by Crippen LogP contribution is 2.34. The third-order valence-corrected chi connectivity index (χ3v) is 3.10. The number of anilines is 1. The van der Waals surface area contributed by atoms with Crippen molar-refractivity contribution in [2.24, 2.45) is 7.05 Å². The SMILES string of the molecule is Cn1nnc2cc(Oc3c(F)cc(N)cc3Cl)ccc21. The minimum absolute atomic E-state index is 0.0656. The number of aryl methyl sites for hydroxylation is 1. The molecule has 1 heterocycles. The Balaban J connectivity index is 2.01. The standard InChI is InChI=1S/C13H10ClFN4O/c1-19-12-3-2-8(6-11(12)17-18-19)20-13-9(14)4-7(16)5-10(13)15/h2-6H,16H2,1H3. The van der Waals surface area contributed by atoms with Crippen molar-refractivity contribution in [3.8, 4) is 11.5 Å². The summed E-state index contributed by atoms with van der Waals surface area (Å²) in [5, 5.41) is 7.96. The molecule has 0 spiro atoms. The van der Waals surface area contributed by atoms with Gasteiger partial charge in [-0.25, -0.2) is 9.07 Å². The average molecular weight is 293 g/mol. The maximum absolute atomic E-state index is 13.8. The summed E-state index contributed by atoms with van der Waals surface area (Å²) in [5.74, 6) is -0.262. The third kappa shape index (κ3) is 2.14. The molecule has 0 unspecified atom stereocenters. The van der Waals surface area contributed by atoms with Crippen molar-refractivity contribution < 1.29 is 9.13 Å². The second-order valence-electron chi connectivity index (χ2n) is 4.28. The van der Waals surface area contributed by atoms with Crippen LogP contribution in [-0.4, -0.2) is 15.0 Å². The molecule has 102 valence electrons. The molecule has 0 saturated heterocycles. The van der Waals surface area contributed by atoms with E-state index in [4.69, 9.17) is 22.1 Å². The zero-order chi connectivity index (χ0) is 14.3. The van der Waals surface area contributed by atoms with Gasteiger partial charge in [0.15, 0.2) is 11.6 Å². The molecule has 2 N–H and O–H groups in total. The summed E-state index contributed by atoms with van der Waals surface area (Å²) in [5.41, 5.74) is 7.24. The van der Waals surface area contributed by atoms with Gasteiger partial charge in [-0.05, 0) is 18.2 Å². The fourth-order valence-corrected chi connectivity index (χ4v) is 2.13. The van der Waals surface area contributed by atoms with Crippen molar-refractivity contribution in [1.29, 1.82) is 0 Å². The summed E-state index contributed by atoms with van der Waals surface area (Å²) in [6.07, 6.45) is 0. The third-order valence-electron chi connectivity index (χ3n) is 2.82. The van der Waals surface area contributed by atoms with Crippen LogP contribution in [0, 0.1) is 5.82 Å². The van der Waals surface area contributed by atoms with Gasteiger partial charge in [-0.15, -0.1) is 5.10 Å². The van der Waals surface area contributed by atoms with E-state index in [1.54, 1.807) is 29.9 Å². The Morgan fingerprint density at radius 3 is 2.85 bits per heavy atom. The number of nitrogen functional groups attached to an aromatic ring is 1. The lowest BCUT2D eigenvalue weighted by Crippen LogP contribution is -1.93. The second-order valence-corrected chi connectivity index (χ2v) is 4.69. The van der Waals surface area contributed by atoms with Crippen LogP contribution in [0.2, 0.25) is 5.02 Å². The Kier molecular flexibility index (Phi) is 2.94. The zero-order valence-corrected chi connectivity index (χ0v) is 11.2. The second kappa shape index (κ2) is 4.64. The Morgan fingerprint density at radius 2 is 2.10 bits per heavy atom. The molecule has 0 fully saturated rings. The first kappa shape index (κ1) is 12.7. The highest BCUT2D eigenvalue weighted by Gasteiger charge is 2.12. The number of aromatic nitrogens is 3. The maximum Gasteiger partial charge on any atom is 0.181 e. The van der Waals surface area contributed by atoms with E-state index >= 15 is 0 Å². The van der Waals surface area contributed by atoms with Gasteiger partial charge in [0.2, 0.25) is 0 Å². The quantitative estimate of drug-likeness (QED) is 0.737. The number of nitrogens with zero attached hydrogens (tertiary/aromatic N) is 3. The molecule has 5 nitrogen and oxygen atoms in total. The van der Waals surface area contributed by atoms with E-state index in [2.05, 4.69) is 10.3 Å². The molecule has 0 saturated carbocycles. The Morgan fingerprint density at radius 1 is 1.30 bits per heavy atom. The van der Waals surface area contributed by atoms with E-state index in [1.165, 1.54) is 6.07 Å². The summed E-state index contributed by atoms with van der Waals surface area (Å²) >= 11 is 5.93. The number of halogens is 2. The topological polar surface area (TPSA) is 66.0 Å². The van der Waals surface area contributed by atoms with E-state index < -0.39 is 5.82 Å². The molecule has 0 radical (unpaired) electrons. The van der Waals surface area contributed by atoms with Crippen LogP contribution in [0.15, 0.2) is 30.3 Å². The van der Waals surface area contributed by atoms with Crippen LogP contribution in [0.3, 0.4) is 0 Å². The number of ether oxygens (including phenoxy) is 1. The lowest BCUT2D eigenvalue weighted by Gasteiger charge is -2.09. The summed E-state index contributed by atoms with van der Waals surface area (Å²) in [4.78, 5) is 0. The molecule has 3 rings (SSSR count). The number of benzene rings is 2. The van der Waals surface area contributed by atoms with E-state index in [0.29, 0.717) is 11.3 Å². The first-order valence-electron chi connectivity index (χ1n) is 5.76. The van der Waals surface area contributed by atoms with Gasteiger partial charge in [-0.2, -0.15) is 0 Å². The molecule has 3 aromatic rings. The number of rotatable bonds is 2. The van der Waals surface area contributed by atoms with Crippen LogP contribution in [-0.2, 0) is 7.05 Å². The van der Waals surface area contributed by atoms with Gasteiger partial charge in [0, 0.05) is 24.9 Å². The zero-order valence-electron chi connectivity index (χ0n) is 10.5. The van der Waals surface area contributed by atoms with E-state index in [-0.39, 0.29) is 16.5 Å². The molecule has 0 aliphatic rings. The molecule has 20 heavy (non-hydrogen) atoms. The highest BCUT2D eigenvalue weighted by atomic mass is 35.5. The lowest BCUT2D eigenvalue weighted by atomic mass is 10.2. The van der Waals surface area contributed by atoms with Crippen molar-refractivity contribution in [2.45, 2.75) is 0 Å². The van der Waals surface area contributed by atoms with E-state index in [1.807, 2.05) is 0 Å². The fourth-order valence-electron chi connectivity index (χ4n) is 1.88. The van der Waals surface area contributed by atoms with Gasteiger partial charge in [0.1, 0.15) is 11.3 Å². The Bertz CT molecular complexity index is 779. The number of hydrogen-bond donors (Lipinski definition) is 1. The molecule has 0 bridgehead atoms. The van der Waals surface area contributed by atoms with Crippen molar-refractivity contribution in [3.63, 3.8) is 0 Å². The van der Waals surface area contributed by atoms with Crippen LogP contribution >= 0.6 is 11.6 Å². The summed E-state index contributed by atoms with van der Waals surface area (Å²) in [6, 6.07) is 7.73. The van der Waals surface area contributed by atoms with Crippen LogP contribution in [0.25, 0.3) is 11.0 Å². The van der Waals surface area contributed by atoms with Crippen molar-refractivity contribution in [2.75, 3.05) is 5.73 Å². The number of nitrogens with two attached hydrogens (primary N) is 1. The fraction of sp³-hybridized carbons (Fsp3) is 0.0769. The first-order chi connectivity index (χ1) is 9.54.